The summed E-state index contributed by atoms with van der Waals surface area (Å²) in [4.78, 5) is 22.7. The minimum absolute atomic E-state index is 0.0144. The predicted molar refractivity (Wildman–Crippen MR) is 92.0 cm³/mol. The molecular weight excluding hydrogens is 294 g/mol. The van der Waals surface area contributed by atoms with Crippen LogP contribution in [0.25, 0.3) is 0 Å². The van der Waals surface area contributed by atoms with Gasteiger partial charge in [0.25, 0.3) is 0 Å². The maximum atomic E-state index is 11.3. The molecule has 0 aromatic carbocycles. The molecule has 0 aliphatic heterocycles. The molecule has 0 rings (SSSR count). The lowest BCUT2D eigenvalue weighted by atomic mass is 10.0. The summed E-state index contributed by atoms with van der Waals surface area (Å²) in [5.41, 5.74) is 5.74. The molecule has 0 fully saturated rings. The van der Waals surface area contributed by atoms with Gasteiger partial charge in [0, 0.05) is 6.42 Å². The molecule has 0 bridgehead atoms. The summed E-state index contributed by atoms with van der Waals surface area (Å²) >= 11 is 0. The largest absolute Gasteiger partial charge is 0.465 e. The fourth-order valence-corrected chi connectivity index (χ4v) is 2.38. The number of ether oxygens (including phenoxy) is 2. The second-order valence-corrected chi connectivity index (χ2v) is 6.26. The summed E-state index contributed by atoms with van der Waals surface area (Å²) in [5.74, 6) is -0.374. The highest BCUT2D eigenvalue weighted by Gasteiger charge is 2.13. The minimum Gasteiger partial charge on any atom is -0.465 e. The van der Waals surface area contributed by atoms with Gasteiger partial charge < -0.3 is 15.2 Å². The first kappa shape index (κ1) is 21.9. The zero-order valence-electron chi connectivity index (χ0n) is 15.1. The SMILES string of the molecule is CCOC(=O)C(N)CCCCCCCCCCC(=O)OC(C)C. The van der Waals surface area contributed by atoms with Crippen LogP contribution in [0.3, 0.4) is 0 Å². The Morgan fingerprint density at radius 3 is 1.96 bits per heavy atom. The molecule has 0 aromatic rings. The van der Waals surface area contributed by atoms with Crippen LogP contribution in [0, 0.1) is 0 Å². The number of hydrogen-bond acceptors (Lipinski definition) is 5. The van der Waals surface area contributed by atoms with Gasteiger partial charge in [0.15, 0.2) is 0 Å². The van der Waals surface area contributed by atoms with Crippen molar-refractivity contribution in [2.45, 2.75) is 97.1 Å². The number of unbranched alkanes of at least 4 members (excludes halogenated alkanes) is 7. The van der Waals surface area contributed by atoms with Crippen LogP contribution in [0.15, 0.2) is 0 Å². The standard InChI is InChI=1S/C18H35NO4/c1-4-22-18(21)16(19)13-11-9-7-5-6-8-10-12-14-17(20)23-15(2)3/h15-16H,4-14,19H2,1-3H3. The third kappa shape index (κ3) is 14.2. The van der Waals surface area contributed by atoms with Gasteiger partial charge in [-0.1, -0.05) is 44.9 Å². The summed E-state index contributed by atoms with van der Waals surface area (Å²) in [6.07, 6.45) is 10.0. The van der Waals surface area contributed by atoms with E-state index in [1.54, 1.807) is 6.92 Å². The topological polar surface area (TPSA) is 78.6 Å². The molecule has 5 heteroatoms. The zero-order chi connectivity index (χ0) is 17.5. The van der Waals surface area contributed by atoms with Gasteiger partial charge in [0.1, 0.15) is 6.04 Å². The molecule has 0 aliphatic rings. The molecule has 1 atom stereocenters. The van der Waals surface area contributed by atoms with Gasteiger partial charge >= 0.3 is 11.9 Å². The van der Waals surface area contributed by atoms with Crippen LogP contribution < -0.4 is 5.73 Å². The van der Waals surface area contributed by atoms with E-state index in [2.05, 4.69) is 0 Å². The Labute approximate surface area is 141 Å². The first-order chi connectivity index (χ1) is 11.0. The van der Waals surface area contributed by atoms with Crippen molar-refractivity contribution in [1.82, 2.24) is 0 Å². The Bertz CT molecular complexity index is 318. The molecule has 0 heterocycles. The molecular formula is C18H35NO4. The predicted octanol–water partition coefficient (Wildman–Crippen LogP) is 3.73. The van der Waals surface area contributed by atoms with Crippen LogP contribution in [0.1, 0.15) is 85.0 Å². The highest BCUT2D eigenvalue weighted by Crippen LogP contribution is 2.12. The lowest BCUT2D eigenvalue weighted by Crippen LogP contribution is -2.32. The van der Waals surface area contributed by atoms with Gasteiger partial charge in [0.2, 0.25) is 0 Å². The fourth-order valence-electron chi connectivity index (χ4n) is 2.38. The van der Waals surface area contributed by atoms with Gasteiger partial charge in [-0.2, -0.15) is 0 Å². The smallest absolute Gasteiger partial charge is 0.322 e. The van der Waals surface area contributed by atoms with E-state index in [0.717, 1.165) is 32.1 Å². The molecule has 5 nitrogen and oxygen atoms in total. The third-order valence-electron chi connectivity index (χ3n) is 3.60. The molecule has 0 saturated heterocycles. The van der Waals surface area contributed by atoms with Crippen molar-refractivity contribution in [3.63, 3.8) is 0 Å². The van der Waals surface area contributed by atoms with Crippen molar-refractivity contribution in [2.24, 2.45) is 5.73 Å². The average molecular weight is 329 g/mol. The Hall–Kier alpha value is -1.10. The first-order valence-corrected chi connectivity index (χ1v) is 9.09. The lowest BCUT2D eigenvalue weighted by Gasteiger charge is -2.10. The highest BCUT2D eigenvalue weighted by atomic mass is 16.5. The van der Waals surface area contributed by atoms with E-state index >= 15 is 0 Å². The van der Waals surface area contributed by atoms with Crippen LogP contribution in [-0.4, -0.2) is 30.7 Å². The van der Waals surface area contributed by atoms with Crippen LogP contribution in [-0.2, 0) is 19.1 Å². The summed E-state index contributed by atoms with van der Waals surface area (Å²) in [6.45, 7) is 5.93. The van der Waals surface area contributed by atoms with Gasteiger partial charge in [-0.15, -0.1) is 0 Å². The number of carbonyl (C=O) groups is 2. The summed E-state index contributed by atoms with van der Waals surface area (Å²) < 4.78 is 9.97. The van der Waals surface area contributed by atoms with Crippen molar-refractivity contribution in [2.75, 3.05) is 6.61 Å². The number of hydrogen-bond donors (Lipinski definition) is 1. The van der Waals surface area contributed by atoms with Crippen molar-refractivity contribution >= 4 is 11.9 Å². The van der Waals surface area contributed by atoms with Crippen LogP contribution in [0.4, 0.5) is 0 Å². The Kier molecular flexibility index (Phi) is 13.8. The normalized spacial score (nSPS) is 12.2. The maximum Gasteiger partial charge on any atom is 0.322 e. The fraction of sp³-hybridized carbons (Fsp3) is 0.889. The molecule has 23 heavy (non-hydrogen) atoms. The Morgan fingerprint density at radius 1 is 0.913 bits per heavy atom. The van der Waals surface area contributed by atoms with Crippen LogP contribution >= 0.6 is 0 Å². The van der Waals surface area contributed by atoms with E-state index in [0.29, 0.717) is 19.4 Å². The van der Waals surface area contributed by atoms with Gasteiger partial charge in [-0.05, 0) is 33.6 Å². The molecule has 0 radical (unpaired) electrons. The lowest BCUT2D eigenvalue weighted by molar-refractivity contribution is -0.147. The van der Waals surface area contributed by atoms with E-state index in [1.807, 2.05) is 13.8 Å². The van der Waals surface area contributed by atoms with E-state index in [1.165, 1.54) is 19.3 Å². The monoisotopic (exact) mass is 329 g/mol. The summed E-state index contributed by atoms with van der Waals surface area (Å²) in [5, 5.41) is 0. The van der Waals surface area contributed by atoms with Crippen molar-refractivity contribution in [3.05, 3.63) is 0 Å². The molecule has 0 amide bonds. The molecule has 0 spiro atoms. The van der Waals surface area contributed by atoms with E-state index in [-0.39, 0.29) is 18.0 Å². The number of esters is 2. The van der Waals surface area contributed by atoms with Gasteiger partial charge in [0.05, 0.1) is 12.7 Å². The van der Waals surface area contributed by atoms with Crippen molar-refractivity contribution in [3.8, 4) is 0 Å². The second-order valence-electron chi connectivity index (χ2n) is 6.26. The molecule has 0 aromatic heterocycles. The Morgan fingerprint density at radius 2 is 1.43 bits per heavy atom. The quantitative estimate of drug-likeness (QED) is 0.388. The number of rotatable bonds is 14. The van der Waals surface area contributed by atoms with Crippen LogP contribution in [0.5, 0.6) is 0 Å². The van der Waals surface area contributed by atoms with E-state index in [4.69, 9.17) is 15.2 Å². The molecule has 136 valence electrons. The molecule has 0 saturated carbocycles. The highest BCUT2D eigenvalue weighted by molar-refractivity contribution is 5.75. The summed E-state index contributed by atoms with van der Waals surface area (Å²) in [7, 11) is 0. The second kappa shape index (κ2) is 14.5. The Balaban J connectivity index is 3.31. The zero-order valence-corrected chi connectivity index (χ0v) is 15.1. The molecule has 2 N–H and O–H groups in total. The van der Waals surface area contributed by atoms with E-state index < -0.39 is 6.04 Å². The van der Waals surface area contributed by atoms with Crippen molar-refractivity contribution < 1.29 is 19.1 Å². The maximum absolute atomic E-state index is 11.3. The summed E-state index contributed by atoms with van der Waals surface area (Å²) in [6, 6.07) is -0.472. The molecule has 1 unspecified atom stereocenters. The van der Waals surface area contributed by atoms with Gasteiger partial charge in [-0.3, -0.25) is 9.59 Å². The molecule has 0 aliphatic carbocycles. The third-order valence-corrected chi connectivity index (χ3v) is 3.60. The number of carbonyl (C=O) groups excluding carboxylic acids is 2. The van der Waals surface area contributed by atoms with Crippen molar-refractivity contribution in [1.29, 1.82) is 0 Å². The minimum atomic E-state index is -0.472. The first-order valence-electron chi connectivity index (χ1n) is 9.09. The number of nitrogens with two attached hydrogens (primary N) is 1. The van der Waals surface area contributed by atoms with Crippen LogP contribution in [0.2, 0.25) is 0 Å². The van der Waals surface area contributed by atoms with E-state index in [9.17, 15) is 9.59 Å². The average Bonchev–Trinajstić information content (AvgIpc) is 2.48. The van der Waals surface area contributed by atoms with Gasteiger partial charge in [-0.25, -0.2) is 0 Å².